The van der Waals surface area contributed by atoms with Gasteiger partial charge in [-0.25, -0.2) is 45.6 Å². The number of carbonyl (C=O) groups is 2. The molecule has 0 bridgehead atoms. The second-order valence-electron chi connectivity index (χ2n) is 16.2. The molecule has 4 aromatic heterocycles. The maximum atomic E-state index is 13.3. The zero-order chi connectivity index (χ0) is 58.1. The van der Waals surface area contributed by atoms with Gasteiger partial charge in [-0.05, 0) is 63.4 Å². The first-order valence-electron chi connectivity index (χ1n) is 22.1. The Morgan fingerprint density at radius 3 is 1.44 bits per heavy atom. The van der Waals surface area contributed by atoms with Crippen molar-refractivity contribution in [1.29, 1.82) is 0 Å². The molecule has 0 saturated carbocycles. The van der Waals surface area contributed by atoms with E-state index in [-0.39, 0.29) is 61.0 Å². The number of rotatable bonds is 12. The number of benzene rings is 4. The summed E-state index contributed by atoms with van der Waals surface area (Å²) in [6.07, 6.45) is -4.25. The van der Waals surface area contributed by atoms with Crippen LogP contribution in [0.15, 0.2) is 124 Å². The van der Waals surface area contributed by atoms with Crippen LogP contribution >= 0.6 is 15.9 Å². The fraction of sp³-hybridized carbons (Fsp3) is 0.130. The van der Waals surface area contributed by atoms with Gasteiger partial charge in [0.05, 0.1) is 44.0 Å². The van der Waals surface area contributed by atoms with Crippen LogP contribution in [0, 0.1) is 0 Å². The van der Waals surface area contributed by atoms with Crippen molar-refractivity contribution in [2.75, 3.05) is 39.1 Å². The number of carbonyl (C=O) groups excluding carboxylic acids is 2. The highest BCUT2D eigenvalue weighted by Crippen LogP contribution is 2.35. The van der Waals surface area contributed by atoms with Gasteiger partial charge in [-0.15, -0.1) is 0 Å². The molecule has 2 aliphatic rings. The minimum atomic E-state index is -4.70. The smallest absolute Gasteiger partial charge is 0.488 e. The molecule has 34 heteroatoms. The largest absolute Gasteiger partial charge is 0.497 e. The van der Waals surface area contributed by atoms with E-state index in [4.69, 9.17) is 29.0 Å². The van der Waals surface area contributed by atoms with Crippen molar-refractivity contribution >= 4 is 83.6 Å². The molecule has 0 spiro atoms. The Morgan fingerprint density at radius 1 is 0.575 bits per heavy atom. The van der Waals surface area contributed by atoms with Crippen molar-refractivity contribution in [3.63, 3.8) is 0 Å². The molecule has 2 aliphatic heterocycles. The number of nitrogens with one attached hydrogen (secondary N) is 4. The number of methoxy groups -OCH3 is 4. The highest BCUT2D eigenvalue weighted by molar-refractivity contribution is 9.10. The summed E-state index contributed by atoms with van der Waals surface area (Å²) in [4.78, 5) is 40.0. The molecule has 8 aromatic rings. The number of ether oxygens (including phenoxy) is 4. The summed E-state index contributed by atoms with van der Waals surface area (Å²) in [6, 6.07) is 19.1. The molecular weight excluding hydrogens is 1180 g/mol. The van der Waals surface area contributed by atoms with Crippen LogP contribution in [-0.2, 0) is 32.4 Å². The SMILES string of the molecule is COc1cc(Nc2ncc(-c3ccc4c(c3)C(=O)NS4(=O)=O)c(-n3ccc(C(F)(F)F)n3)n2)cc(OC)c1.COc1cc(Nc2ncc(Br)c(-n3ccc(C(F)(F)F)n3)n2)cc(OC)c1.O=C1NS(=O)(=O)c2ccc(B(O)O)cc21. The minimum Gasteiger partial charge on any atom is -0.497 e. The van der Waals surface area contributed by atoms with Gasteiger partial charge in [0.1, 0.15) is 32.8 Å². The summed E-state index contributed by atoms with van der Waals surface area (Å²) in [7, 11) is -3.50. The molecule has 0 saturated heterocycles. The van der Waals surface area contributed by atoms with Gasteiger partial charge in [0.25, 0.3) is 31.9 Å². The predicted molar refractivity (Wildman–Crippen MR) is 273 cm³/mol. The molecule has 0 unspecified atom stereocenters. The highest BCUT2D eigenvalue weighted by Gasteiger charge is 2.37. The summed E-state index contributed by atoms with van der Waals surface area (Å²) in [5.74, 6) is 0.714. The minimum absolute atomic E-state index is 0.00426. The Hall–Kier alpha value is -8.86. The number of anilines is 4. The van der Waals surface area contributed by atoms with Crippen molar-refractivity contribution in [2.45, 2.75) is 22.1 Å². The fourth-order valence-electron chi connectivity index (χ4n) is 7.29. The van der Waals surface area contributed by atoms with E-state index in [1.54, 1.807) is 41.1 Å². The molecule has 0 radical (unpaired) electrons. The lowest BCUT2D eigenvalue weighted by molar-refractivity contribution is -0.142. The van der Waals surface area contributed by atoms with Crippen molar-refractivity contribution in [2.24, 2.45) is 0 Å². The van der Waals surface area contributed by atoms with Crippen LogP contribution in [-0.4, -0.2) is 114 Å². The van der Waals surface area contributed by atoms with Crippen molar-refractivity contribution in [1.82, 2.24) is 48.9 Å². The van der Waals surface area contributed by atoms with Crippen molar-refractivity contribution in [3.8, 4) is 45.8 Å². The monoisotopic (exact) mass is 1220 g/mol. The number of hydrogen-bond donors (Lipinski definition) is 6. The number of halogens is 7. The van der Waals surface area contributed by atoms with E-state index >= 15 is 0 Å². The number of hydrogen-bond acceptors (Lipinski definition) is 20. The number of nitrogens with zero attached hydrogens (tertiary/aromatic N) is 8. The second kappa shape index (κ2) is 22.5. The first-order valence-corrected chi connectivity index (χ1v) is 25.9. The molecule has 6 heterocycles. The maximum Gasteiger partial charge on any atom is 0.488 e. The molecular formula is C46H36BBrF6N12O12S2. The van der Waals surface area contributed by atoms with Crippen molar-refractivity contribution in [3.05, 3.63) is 137 Å². The average molecular weight is 1220 g/mol. The van der Waals surface area contributed by atoms with E-state index in [2.05, 4.69) is 56.7 Å². The van der Waals surface area contributed by atoms with Gasteiger partial charge < -0.3 is 39.6 Å². The highest BCUT2D eigenvalue weighted by atomic mass is 79.9. The van der Waals surface area contributed by atoms with Gasteiger partial charge >= 0.3 is 19.5 Å². The maximum absolute atomic E-state index is 13.3. The Kier molecular flexibility index (Phi) is 16.1. The molecule has 80 heavy (non-hydrogen) atoms. The molecule has 10 rings (SSSR count). The lowest BCUT2D eigenvalue weighted by atomic mass is 9.79. The zero-order valence-corrected chi connectivity index (χ0v) is 44.2. The van der Waals surface area contributed by atoms with Crippen LogP contribution in [0.2, 0.25) is 0 Å². The van der Waals surface area contributed by atoms with E-state index in [1.165, 1.54) is 71.3 Å². The molecule has 6 N–H and O–H groups in total. The fourth-order valence-corrected chi connectivity index (χ4v) is 9.96. The number of alkyl halides is 6. The third kappa shape index (κ3) is 12.7. The van der Waals surface area contributed by atoms with Crippen LogP contribution in [0.4, 0.5) is 49.6 Å². The lowest BCUT2D eigenvalue weighted by Gasteiger charge is -2.13. The van der Waals surface area contributed by atoms with Crippen LogP contribution in [0.5, 0.6) is 23.0 Å². The summed E-state index contributed by atoms with van der Waals surface area (Å²) >= 11 is 3.22. The second-order valence-corrected chi connectivity index (χ2v) is 20.4. The molecule has 2 amide bonds. The average Bonchev–Trinajstić information content (AvgIpc) is 4.27. The first-order chi connectivity index (χ1) is 37.7. The third-order valence-electron chi connectivity index (χ3n) is 11.0. The van der Waals surface area contributed by atoms with Gasteiger partial charge in [-0.3, -0.25) is 9.59 Å². The van der Waals surface area contributed by atoms with E-state index in [1.807, 2.05) is 4.72 Å². The van der Waals surface area contributed by atoms with Crippen LogP contribution in [0.25, 0.3) is 22.8 Å². The molecule has 24 nitrogen and oxygen atoms in total. The Bertz CT molecular complexity index is 3900. The topological polar surface area (TPSA) is 315 Å². The standard InChI is InChI=1S/C23H17F3N6O5S.C16H13BrF3N5O2.C7H6BNO5S/c1-36-14-8-13(9-15(10-14)37-2)28-22-27-11-17(20(29-22)32-6-5-19(30-32)23(24,25)26)12-3-4-18-16(7-12)21(33)31-38(18,34)35;1-26-10-5-9(6-11(7-10)27-2)22-15-21-8-12(17)14(23-15)25-4-3-13(24-25)16(18,19)20;10-7-5-3-4(8(11)12)1-2-6(5)15(13,14)9-7/h3-11H,1-2H3,(H,31,33)(H,27,28,29);3-8H,1-2H3,(H,21,22,23);1-3,11-12H,(H,9,10). The molecule has 416 valence electrons. The zero-order valence-electron chi connectivity index (χ0n) is 41.0. The van der Waals surface area contributed by atoms with Crippen LogP contribution < -0.4 is 44.5 Å². The molecule has 0 aliphatic carbocycles. The summed E-state index contributed by atoms with van der Waals surface area (Å²) in [6.45, 7) is 0. The first kappa shape index (κ1) is 57.3. The third-order valence-corrected chi connectivity index (χ3v) is 14.4. The Balaban J connectivity index is 0.000000173. The number of fused-ring (bicyclic) bond motifs is 2. The van der Waals surface area contributed by atoms with Crippen molar-refractivity contribution < 1.29 is 81.8 Å². The van der Waals surface area contributed by atoms with Gasteiger partial charge in [0.2, 0.25) is 11.9 Å². The number of amides is 2. The van der Waals surface area contributed by atoms with Gasteiger partial charge in [0, 0.05) is 78.1 Å². The summed E-state index contributed by atoms with van der Waals surface area (Å²) in [5.41, 5.74) is -0.752. The normalized spacial score (nSPS) is 13.7. The molecule has 4 aromatic carbocycles. The lowest BCUT2D eigenvalue weighted by Crippen LogP contribution is -2.30. The van der Waals surface area contributed by atoms with Gasteiger partial charge in [-0.2, -0.15) is 46.5 Å². The Labute approximate surface area is 456 Å². The quantitative estimate of drug-likeness (QED) is 0.0646. The van der Waals surface area contributed by atoms with E-state index in [0.717, 1.165) is 39.8 Å². The molecule has 0 atom stereocenters. The van der Waals surface area contributed by atoms with Gasteiger partial charge in [-0.1, -0.05) is 12.1 Å². The van der Waals surface area contributed by atoms with Crippen LogP contribution in [0.3, 0.4) is 0 Å². The summed E-state index contributed by atoms with van der Waals surface area (Å²) in [5, 5.41) is 30.7. The molecule has 0 fully saturated rings. The predicted octanol–water partition coefficient (Wildman–Crippen LogP) is 5.54. The summed E-state index contributed by atoms with van der Waals surface area (Å²) < 4.78 is 152. The van der Waals surface area contributed by atoms with E-state index in [0.29, 0.717) is 38.8 Å². The number of aromatic nitrogens is 8. The Morgan fingerprint density at radius 2 is 1.00 bits per heavy atom. The van der Waals surface area contributed by atoms with Crippen LogP contribution in [0.1, 0.15) is 32.1 Å². The number of sulfonamides is 2. The van der Waals surface area contributed by atoms with E-state index < -0.39 is 62.7 Å². The van der Waals surface area contributed by atoms with E-state index in [9.17, 15) is 52.8 Å². The van der Waals surface area contributed by atoms with Gasteiger partial charge in [0.15, 0.2) is 23.0 Å².